The molecule has 0 fully saturated rings. The predicted octanol–water partition coefficient (Wildman–Crippen LogP) is 2.53. The van der Waals surface area contributed by atoms with Gasteiger partial charge in [0.2, 0.25) is 5.82 Å². The highest BCUT2D eigenvalue weighted by Gasteiger charge is 2.18. The summed E-state index contributed by atoms with van der Waals surface area (Å²) < 4.78 is 1.63. The van der Waals surface area contributed by atoms with Crippen LogP contribution in [-0.2, 0) is 4.79 Å². The van der Waals surface area contributed by atoms with Gasteiger partial charge in [-0.25, -0.2) is 9.67 Å². The number of carboxylic acids is 1. The third-order valence-corrected chi connectivity index (χ3v) is 3.70. The monoisotopic (exact) mass is 350 g/mol. The molecule has 2 aromatic carbocycles. The van der Waals surface area contributed by atoms with E-state index in [0.29, 0.717) is 12.2 Å². The topological polar surface area (TPSA) is 97.1 Å². The Labute approximate surface area is 150 Å². The van der Waals surface area contributed by atoms with Crippen LogP contribution in [0.2, 0.25) is 0 Å². The number of amides is 1. The van der Waals surface area contributed by atoms with Crippen LogP contribution in [0.5, 0.6) is 0 Å². The average molecular weight is 350 g/mol. The molecule has 0 aliphatic rings. The van der Waals surface area contributed by atoms with Gasteiger partial charge < -0.3 is 10.4 Å². The maximum absolute atomic E-state index is 12.3. The molecule has 1 aromatic heterocycles. The molecule has 0 radical (unpaired) electrons. The van der Waals surface area contributed by atoms with Gasteiger partial charge >= 0.3 is 5.97 Å². The van der Waals surface area contributed by atoms with Crippen molar-refractivity contribution in [3.05, 3.63) is 66.5 Å². The summed E-state index contributed by atoms with van der Waals surface area (Å²) in [5, 5.41) is 15.7. The van der Waals surface area contributed by atoms with Crippen molar-refractivity contribution in [2.45, 2.75) is 12.8 Å². The quantitative estimate of drug-likeness (QED) is 0.638. The van der Waals surface area contributed by atoms with E-state index in [1.165, 1.54) is 0 Å². The number of hydrogen-bond acceptors (Lipinski definition) is 4. The minimum absolute atomic E-state index is 0.00142. The number of carbonyl (C=O) groups excluding carboxylic acids is 1. The summed E-state index contributed by atoms with van der Waals surface area (Å²) in [7, 11) is 0. The van der Waals surface area contributed by atoms with Gasteiger partial charge in [-0.15, -0.1) is 5.10 Å². The van der Waals surface area contributed by atoms with Crippen LogP contribution in [0.1, 0.15) is 23.5 Å². The molecule has 0 saturated carbocycles. The first-order chi connectivity index (χ1) is 12.6. The van der Waals surface area contributed by atoms with Gasteiger partial charge in [0, 0.05) is 18.5 Å². The van der Waals surface area contributed by atoms with Crippen LogP contribution in [0.25, 0.3) is 17.1 Å². The molecular formula is C19H18N4O3. The summed E-state index contributed by atoms with van der Waals surface area (Å²) in [5.74, 6) is -0.713. The summed E-state index contributed by atoms with van der Waals surface area (Å²) >= 11 is 0. The van der Waals surface area contributed by atoms with Crippen LogP contribution in [0.4, 0.5) is 0 Å². The van der Waals surface area contributed by atoms with Crippen molar-refractivity contribution < 1.29 is 14.7 Å². The van der Waals surface area contributed by atoms with Gasteiger partial charge in [-0.1, -0.05) is 48.5 Å². The summed E-state index contributed by atoms with van der Waals surface area (Å²) in [5.41, 5.74) is 1.64. The van der Waals surface area contributed by atoms with E-state index in [9.17, 15) is 9.59 Å². The number of rotatable bonds is 7. The average Bonchev–Trinajstić information content (AvgIpc) is 3.12. The van der Waals surface area contributed by atoms with E-state index in [1.807, 2.05) is 60.7 Å². The van der Waals surface area contributed by atoms with E-state index >= 15 is 0 Å². The molecule has 2 N–H and O–H groups in total. The highest BCUT2D eigenvalue weighted by Crippen LogP contribution is 2.20. The summed E-state index contributed by atoms with van der Waals surface area (Å²) in [4.78, 5) is 27.2. The molecule has 3 aromatic rings. The SMILES string of the molecule is O=C(O)CCCNC(=O)c1nc(-c2ccccc2)n(-c2ccccc2)n1. The molecule has 0 unspecified atom stereocenters. The number of aliphatic carboxylic acids is 1. The summed E-state index contributed by atoms with van der Waals surface area (Å²) in [6.07, 6.45) is 0.355. The Hall–Kier alpha value is -3.48. The second-order valence-electron chi connectivity index (χ2n) is 5.63. The molecule has 7 heteroatoms. The van der Waals surface area contributed by atoms with Crippen LogP contribution in [0, 0.1) is 0 Å². The molecule has 1 heterocycles. The Morgan fingerprint density at radius 3 is 2.31 bits per heavy atom. The number of carbonyl (C=O) groups is 2. The molecule has 0 aliphatic heterocycles. The van der Waals surface area contributed by atoms with E-state index in [4.69, 9.17) is 5.11 Å². The van der Waals surface area contributed by atoms with E-state index in [0.717, 1.165) is 11.3 Å². The van der Waals surface area contributed by atoms with Crippen LogP contribution < -0.4 is 5.32 Å². The van der Waals surface area contributed by atoms with Crippen molar-refractivity contribution in [1.82, 2.24) is 20.1 Å². The van der Waals surface area contributed by atoms with E-state index < -0.39 is 11.9 Å². The lowest BCUT2D eigenvalue weighted by Crippen LogP contribution is -2.26. The van der Waals surface area contributed by atoms with Gasteiger partial charge in [0.25, 0.3) is 5.91 Å². The minimum atomic E-state index is -0.892. The maximum Gasteiger partial charge on any atom is 0.303 e. The van der Waals surface area contributed by atoms with Gasteiger partial charge in [-0.05, 0) is 18.6 Å². The highest BCUT2D eigenvalue weighted by atomic mass is 16.4. The summed E-state index contributed by atoms with van der Waals surface area (Å²) in [6.45, 7) is 0.256. The zero-order valence-electron chi connectivity index (χ0n) is 14.0. The number of nitrogens with one attached hydrogen (secondary N) is 1. The van der Waals surface area contributed by atoms with Crippen molar-refractivity contribution in [2.24, 2.45) is 0 Å². The highest BCUT2D eigenvalue weighted by molar-refractivity contribution is 5.91. The fourth-order valence-corrected chi connectivity index (χ4v) is 2.45. The largest absolute Gasteiger partial charge is 0.481 e. The minimum Gasteiger partial charge on any atom is -0.481 e. The fraction of sp³-hybridized carbons (Fsp3) is 0.158. The lowest BCUT2D eigenvalue weighted by Gasteiger charge is -2.05. The fourth-order valence-electron chi connectivity index (χ4n) is 2.45. The number of benzene rings is 2. The third kappa shape index (κ3) is 4.13. The molecule has 0 aliphatic carbocycles. The molecule has 3 rings (SSSR count). The van der Waals surface area contributed by atoms with Crippen molar-refractivity contribution in [2.75, 3.05) is 6.54 Å². The van der Waals surface area contributed by atoms with E-state index in [-0.39, 0.29) is 18.8 Å². The molecular weight excluding hydrogens is 332 g/mol. The van der Waals surface area contributed by atoms with Gasteiger partial charge in [0.1, 0.15) is 0 Å². The Kier molecular flexibility index (Phi) is 5.38. The van der Waals surface area contributed by atoms with Gasteiger partial charge in [0.15, 0.2) is 5.82 Å². The van der Waals surface area contributed by atoms with Crippen LogP contribution in [-0.4, -0.2) is 38.3 Å². The molecule has 0 atom stereocenters. The van der Waals surface area contributed by atoms with Gasteiger partial charge in [0.05, 0.1) is 5.69 Å². The lowest BCUT2D eigenvalue weighted by molar-refractivity contribution is -0.137. The van der Waals surface area contributed by atoms with Crippen molar-refractivity contribution >= 4 is 11.9 Å². The van der Waals surface area contributed by atoms with Crippen molar-refractivity contribution in [3.63, 3.8) is 0 Å². The first-order valence-corrected chi connectivity index (χ1v) is 8.23. The number of para-hydroxylation sites is 1. The van der Waals surface area contributed by atoms with Crippen LogP contribution in [0.15, 0.2) is 60.7 Å². The second-order valence-corrected chi connectivity index (χ2v) is 5.63. The van der Waals surface area contributed by atoms with E-state index in [1.54, 1.807) is 4.68 Å². The maximum atomic E-state index is 12.3. The Balaban J connectivity index is 1.87. The normalized spacial score (nSPS) is 10.5. The smallest absolute Gasteiger partial charge is 0.303 e. The third-order valence-electron chi connectivity index (χ3n) is 3.70. The molecule has 0 saturated heterocycles. The molecule has 1 amide bonds. The number of nitrogens with zero attached hydrogens (tertiary/aromatic N) is 3. The van der Waals surface area contributed by atoms with Gasteiger partial charge in [-0.3, -0.25) is 9.59 Å². The molecule has 132 valence electrons. The van der Waals surface area contributed by atoms with Gasteiger partial charge in [-0.2, -0.15) is 0 Å². The zero-order chi connectivity index (χ0) is 18.4. The standard InChI is InChI=1S/C19H18N4O3/c24-16(25)12-7-13-20-19(26)17-21-18(14-8-3-1-4-9-14)23(22-17)15-10-5-2-6-11-15/h1-6,8-11H,7,12-13H2,(H,20,26)(H,24,25). The predicted molar refractivity (Wildman–Crippen MR) is 96.0 cm³/mol. The lowest BCUT2D eigenvalue weighted by atomic mass is 10.2. The zero-order valence-corrected chi connectivity index (χ0v) is 14.0. The molecule has 26 heavy (non-hydrogen) atoms. The van der Waals surface area contributed by atoms with Crippen molar-refractivity contribution in [1.29, 1.82) is 0 Å². The van der Waals surface area contributed by atoms with E-state index in [2.05, 4.69) is 15.4 Å². The number of hydrogen-bond donors (Lipinski definition) is 2. The Morgan fingerprint density at radius 1 is 1.00 bits per heavy atom. The first-order valence-electron chi connectivity index (χ1n) is 8.23. The molecule has 0 bridgehead atoms. The Morgan fingerprint density at radius 2 is 1.65 bits per heavy atom. The van der Waals surface area contributed by atoms with Crippen LogP contribution in [0.3, 0.4) is 0 Å². The first kappa shape index (κ1) is 17.3. The number of carboxylic acid groups (broad SMARTS) is 1. The van der Waals surface area contributed by atoms with Crippen molar-refractivity contribution in [3.8, 4) is 17.1 Å². The number of aromatic nitrogens is 3. The molecule has 7 nitrogen and oxygen atoms in total. The summed E-state index contributed by atoms with van der Waals surface area (Å²) in [6, 6.07) is 18.9. The van der Waals surface area contributed by atoms with Crippen LogP contribution >= 0.6 is 0 Å². The molecule has 0 spiro atoms. The Bertz CT molecular complexity index is 835. The second kappa shape index (κ2) is 8.06.